The van der Waals surface area contributed by atoms with E-state index in [1.807, 2.05) is 13.8 Å². The largest absolute Gasteiger partial charge is 0.466 e. The van der Waals surface area contributed by atoms with Crippen LogP contribution in [0.1, 0.15) is 46.5 Å². The number of esters is 2. The van der Waals surface area contributed by atoms with Crippen LogP contribution in [-0.4, -0.2) is 30.0 Å². The molecule has 0 saturated heterocycles. The number of carbonyl (C=O) groups excluding carboxylic acids is 2. The lowest BCUT2D eigenvalue weighted by Crippen LogP contribution is -2.30. The van der Waals surface area contributed by atoms with E-state index in [2.05, 4.69) is 0 Å². The Balaban J connectivity index is 3.65. The zero-order chi connectivity index (χ0) is 13.3. The highest BCUT2D eigenvalue weighted by Crippen LogP contribution is 2.20. The van der Waals surface area contributed by atoms with Gasteiger partial charge >= 0.3 is 11.9 Å². The van der Waals surface area contributed by atoms with Crippen LogP contribution in [0.2, 0.25) is 0 Å². The molecule has 0 heterocycles. The van der Waals surface area contributed by atoms with Gasteiger partial charge in [-0.2, -0.15) is 0 Å². The van der Waals surface area contributed by atoms with Gasteiger partial charge in [-0.3, -0.25) is 9.59 Å². The zero-order valence-corrected chi connectivity index (χ0v) is 11.5. The molecule has 0 aliphatic rings. The second-order valence-corrected chi connectivity index (χ2v) is 4.85. The maximum Gasteiger partial charge on any atom is 0.326 e. The number of ether oxygens (including phenoxy) is 2. The second-order valence-electron chi connectivity index (χ2n) is 4.01. The van der Waals surface area contributed by atoms with Crippen molar-refractivity contribution in [2.45, 2.75) is 51.3 Å². The SMILES string of the molecule is CCCOC(=O)CCCOC(=O)C(C)(Cl)CC. The number of hydrogen-bond donors (Lipinski definition) is 0. The minimum Gasteiger partial charge on any atom is -0.466 e. The zero-order valence-electron chi connectivity index (χ0n) is 10.8. The third-order valence-electron chi connectivity index (χ3n) is 2.32. The van der Waals surface area contributed by atoms with E-state index >= 15 is 0 Å². The summed E-state index contributed by atoms with van der Waals surface area (Å²) in [7, 11) is 0. The summed E-state index contributed by atoms with van der Waals surface area (Å²) >= 11 is 5.91. The van der Waals surface area contributed by atoms with Crippen molar-refractivity contribution in [3.8, 4) is 0 Å². The predicted molar refractivity (Wildman–Crippen MR) is 66.0 cm³/mol. The van der Waals surface area contributed by atoms with Crippen molar-refractivity contribution in [1.82, 2.24) is 0 Å². The van der Waals surface area contributed by atoms with Crippen molar-refractivity contribution >= 4 is 23.5 Å². The fraction of sp³-hybridized carbons (Fsp3) is 0.833. The molecule has 0 bridgehead atoms. The molecule has 0 aliphatic heterocycles. The highest BCUT2D eigenvalue weighted by atomic mass is 35.5. The van der Waals surface area contributed by atoms with E-state index in [1.165, 1.54) is 0 Å². The van der Waals surface area contributed by atoms with Gasteiger partial charge in [0.2, 0.25) is 0 Å². The summed E-state index contributed by atoms with van der Waals surface area (Å²) in [5, 5.41) is 0. The molecule has 100 valence electrons. The lowest BCUT2D eigenvalue weighted by atomic mass is 10.1. The third kappa shape index (κ3) is 7.21. The van der Waals surface area contributed by atoms with E-state index in [9.17, 15) is 9.59 Å². The molecule has 4 nitrogen and oxygen atoms in total. The van der Waals surface area contributed by atoms with Crippen LogP contribution in [-0.2, 0) is 19.1 Å². The lowest BCUT2D eigenvalue weighted by molar-refractivity contribution is -0.149. The van der Waals surface area contributed by atoms with E-state index < -0.39 is 10.8 Å². The van der Waals surface area contributed by atoms with Gasteiger partial charge in [0.1, 0.15) is 4.87 Å². The summed E-state index contributed by atoms with van der Waals surface area (Å²) in [5.74, 6) is -0.699. The van der Waals surface area contributed by atoms with Crippen molar-refractivity contribution in [2.75, 3.05) is 13.2 Å². The molecule has 0 aromatic heterocycles. The first-order valence-electron chi connectivity index (χ1n) is 5.95. The summed E-state index contributed by atoms with van der Waals surface area (Å²) in [4.78, 5) is 21.6. The molecule has 0 fully saturated rings. The molecule has 0 N–H and O–H groups in total. The Hall–Kier alpha value is -0.770. The monoisotopic (exact) mass is 264 g/mol. The van der Waals surface area contributed by atoms with Gasteiger partial charge < -0.3 is 9.47 Å². The van der Waals surface area contributed by atoms with Gasteiger partial charge in [0.05, 0.1) is 13.2 Å². The molecule has 1 unspecified atom stereocenters. The first kappa shape index (κ1) is 16.2. The number of hydrogen-bond acceptors (Lipinski definition) is 4. The van der Waals surface area contributed by atoms with E-state index in [4.69, 9.17) is 21.1 Å². The summed E-state index contributed by atoms with van der Waals surface area (Å²) in [5.41, 5.74) is 0. The predicted octanol–water partition coefficient (Wildman–Crippen LogP) is 2.67. The smallest absolute Gasteiger partial charge is 0.326 e. The standard InChI is InChI=1S/C12H21ClO4/c1-4-8-16-10(14)7-6-9-17-11(15)12(3,13)5-2/h4-9H2,1-3H3. The Labute approximate surface area is 108 Å². The second kappa shape index (κ2) is 8.34. The normalized spacial score (nSPS) is 13.9. The molecule has 0 saturated carbocycles. The Morgan fingerprint density at radius 2 is 1.82 bits per heavy atom. The molecule has 0 rings (SSSR count). The maximum atomic E-state index is 11.4. The molecule has 0 aromatic rings. The van der Waals surface area contributed by atoms with E-state index in [1.54, 1.807) is 6.92 Å². The van der Waals surface area contributed by atoms with Crippen molar-refractivity contribution in [3.63, 3.8) is 0 Å². The summed E-state index contributed by atoms with van der Waals surface area (Å²) in [6.07, 6.45) is 2.04. The van der Waals surface area contributed by atoms with E-state index in [-0.39, 0.29) is 19.0 Å². The molecule has 0 amide bonds. The van der Waals surface area contributed by atoms with E-state index in [0.717, 1.165) is 6.42 Å². The van der Waals surface area contributed by atoms with Crippen LogP contribution in [0.3, 0.4) is 0 Å². The Kier molecular flexibility index (Phi) is 7.96. The van der Waals surface area contributed by atoms with Crippen molar-refractivity contribution in [3.05, 3.63) is 0 Å². The lowest BCUT2D eigenvalue weighted by Gasteiger charge is -2.17. The third-order valence-corrected chi connectivity index (χ3v) is 2.74. The first-order chi connectivity index (χ1) is 7.94. The maximum absolute atomic E-state index is 11.4. The average molecular weight is 265 g/mol. The molecule has 0 radical (unpaired) electrons. The number of alkyl halides is 1. The van der Waals surface area contributed by atoms with Crippen LogP contribution in [0.5, 0.6) is 0 Å². The summed E-state index contributed by atoms with van der Waals surface area (Å²) in [6, 6.07) is 0. The number of halogens is 1. The van der Waals surface area contributed by atoms with Crippen LogP contribution in [0.25, 0.3) is 0 Å². The summed E-state index contributed by atoms with van der Waals surface area (Å²) < 4.78 is 9.86. The first-order valence-corrected chi connectivity index (χ1v) is 6.33. The van der Waals surface area contributed by atoms with E-state index in [0.29, 0.717) is 19.4 Å². The Bertz CT molecular complexity index is 251. The van der Waals surface area contributed by atoms with Crippen LogP contribution in [0.15, 0.2) is 0 Å². The highest BCUT2D eigenvalue weighted by Gasteiger charge is 2.29. The molecule has 0 aliphatic carbocycles. The van der Waals surface area contributed by atoms with Crippen LogP contribution in [0.4, 0.5) is 0 Å². The topological polar surface area (TPSA) is 52.6 Å². The Morgan fingerprint density at radius 1 is 1.18 bits per heavy atom. The van der Waals surface area contributed by atoms with Gasteiger partial charge in [-0.1, -0.05) is 13.8 Å². The Morgan fingerprint density at radius 3 is 2.35 bits per heavy atom. The summed E-state index contributed by atoms with van der Waals surface area (Å²) in [6.45, 7) is 6.00. The fourth-order valence-corrected chi connectivity index (χ4v) is 1.02. The van der Waals surface area contributed by atoms with Gasteiger partial charge in [-0.25, -0.2) is 0 Å². The van der Waals surface area contributed by atoms with Crippen molar-refractivity contribution in [1.29, 1.82) is 0 Å². The molecule has 0 aromatic carbocycles. The van der Waals surface area contributed by atoms with Crippen molar-refractivity contribution < 1.29 is 19.1 Å². The molecule has 17 heavy (non-hydrogen) atoms. The molecular formula is C12H21ClO4. The number of carbonyl (C=O) groups is 2. The number of rotatable bonds is 8. The molecule has 5 heteroatoms. The van der Waals surface area contributed by atoms with Crippen LogP contribution >= 0.6 is 11.6 Å². The molecular weight excluding hydrogens is 244 g/mol. The average Bonchev–Trinajstić information content (AvgIpc) is 2.31. The molecule has 0 spiro atoms. The highest BCUT2D eigenvalue weighted by molar-refractivity contribution is 6.33. The van der Waals surface area contributed by atoms with Gasteiger partial charge in [0.25, 0.3) is 0 Å². The van der Waals surface area contributed by atoms with Gasteiger partial charge in [-0.15, -0.1) is 11.6 Å². The van der Waals surface area contributed by atoms with Crippen LogP contribution < -0.4 is 0 Å². The minimum absolute atomic E-state index is 0.197. The fourth-order valence-electron chi connectivity index (χ4n) is 0.964. The quantitative estimate of drug-likeness (QED) is 0.384. The van der Waals surface area contributed by atoms with Crippen LogP contribution in [0, 0.1) is 0 Å². The van der Waals surface area contributed by atoms with Gasteiger partial charge in [0.15, 0.2) is 0 Å². The van der Waals surface area contributed by atoms with Crippen molar-refractivity contribution in [2.24, 2.45) is 0 Å². The van der Waals surface area contributed by atoms with Gasteiger partial charge in [-0.05, 0) is 26.2 Å². The molecule has 1 atom stereocenters. The minimum atomic E-state index is -0.970. The van der Waals surface area contributed by atoms with Gasteiger partial charge in [0, 0.05) is 6.42 Å².